The minimum Gasteiger partial charge on any atom is -0.481 e. The van der Waals surface area contributed by atoms with Crippen molar-refractivity contribution in [2.45, 2.75) is 32.1 Å². The number of ketones is 1. The quantitative estimate of drug-likeness (QED) is 0.206. The number of ether oxygens (including phenoxy) is 2. The first-order chi connectivity index (χ1) is 17.8. The van der Waals surface area contributed by atoms with Crippen LogP contribution in [0.4, 0.5) is 0 Å². The molecule has 0 fully saturated rings. The Balaban J connectivity index is 1.70. The molecular formula is C29H29NO7. The normalized spacial score (nSPS) is 12.4. The van der Waals surface area contributed by atoms with Gasteiger partial charge in [-0.15, -0.1) is 0 Å². The molecule has 0 aromatic heterocycles. The highest BCUT2D eigenvalue weighted by Crippen LogP contribution is 2.19. The summed E-state index contributed by atoms with van der Waals surface area (Å²) in [7, 11) is 0. The van der Waals surface area contributed by atoms with E-state index in [1.165, 1.54) is 0 Å². The van der Waals surface area contributed by atoms with Gasteiger partial charge in [0.1, 0.15) is 12.5 Å². The highest BCUT2D eigenvalue weighted by molar-refractivity contribution is 6.03. The molecule has 192 valence electrons. The van der Waals surface area contributed by atoms with Crippen molar-refractivity contribution in [1.29, 1.82) is 0 Å². The summed E-state index contributed by atoms with van der Waals surface area (Å²) < 4.78 is 10.4. The van der Waals surface area contributed by atoms with Gasteiger partial charge in [0.25, 0.3) is 0 Å². The number of carboxylic acids is 1. The molecule has 0 aliphatic heterocycles. The lowest BCUT2D eigenvalue weighted by atomic mass is 9.92. The van der Waals surface area contributed by atoms with Gasteiger partial charge < -0.3 is 14.6 Å². The molecule has 3 N–H and O–H groups in total. The van der Waals surface area contributed by atoms with Crippen molar-refractivity contribution < 1.29 is 33.8 Å². The second kappa shape index (κ2) is 13.7. The summed E-state index contributed by atoms with van der Waals surface area (Å²) in [4.78, 5) is 50.0. The predicted octanol–water partition coefficient (Wildman–Crippen LogP) is 3.32. The van der Waals surface area contributed by atoms with E-state index >= 15 is 0 Å². The first-order valence-electron chi connectivity index (χ1n) is 11.8. The van der Waals surface area contributed by atoms with Crippen LogP contribution in [-0.4, -0.2) is 35.0 Å². The van der Waals surface area contributed by atoms with Crippen molar-refractivity contribution in [3.05, 3.63) is 108 Å². The number of hydrogen-bond donors (Lipinski definition) is 2. The lowest BCUT2D eigenvalue weighted by molar-refractivity contribution is -0.166. The third kappa shape index (κ3) is 8.70. The van der Waals surface area contributed by atoms with Crippen LogP contribution in [0, 0.1) is 11.8 Å². The van der Waals surface area contributed by atoms with Gasteiger partial charge in [0.15, 0.2) is 0 Å². The van der Waals surface area contributed by atoms with E-state index in [2.05, 4.69) is 0 Å². The van der Waals surface area contributed by atoms with Crippen molar-refractivity contribution in [2.75, 3.05) is 0 Å². The Hall–Kier alpha value is -4.30. The number of carboxylic acid groups (broad SMARTS) is 1. The van der Waals surface area contributed by atoms with Crippen LogP contribution in [0.25, 0.3) is 0 Å². The van der Waals surface area contributed by atoms with Crippen LogP contribution in [0.5, 0.6) is 0 Å². The number of carbonyl (C=O) groups is 4. The van der Waals surface area contributed by atoms with Gasteiger partial charge in [-0.3, -0.25) is 24.9 Å². The predicted molar refractivity (Wildman–Crippen MR) is 135 cm³/mol. The summed E-state index contributed by atoms with van der Waals surface area (Å²) in [5.74, 6) is -6.57. The van der Waals surface area contributed by atoms with Crippen molar-refractivity contribution in [2.24, 2.45) is 17.6 Å². The van der Waals surface area contributed by atoms with Crippen LogP contribution in [0.1, 0.15) is 23.1 Å². The first kappa shape index (κ1) is 27.3. The van der Waals surface area contributed by atoms with E-state index in [4.69, 9.17) is 15.2 Å². The zero-order valence-corrected chi connectivity index (χ0v) is 20.2. The SMILES string of the molecule is NC(OC(=O)C(Cc1ccccc1)Cc1ccccc1)C(=O)C(CC(=O)O)C(=O)OCc1ccccc1. The van der Waals surface area contributed by atoms with Gasteiger partial charge in [-0.25, -0.2) is 0 Å². The molecule has 0 radical (unpaired) electrons. The van der Waals surface area contributed by atoms with Gasteiger partial charge in [0.2, 0.25) is 12.0 Å². The maximum absolute atomic E-state index is 13.1. The molecule has 3 aromatic carbocycles. The van der Waals surface area contributed by atoms with Crippen molar-refractivity contribution >= 4 is 23.7 Å². The highest BCUT2D eigenvalue weighted by atomic mass is 16.6. The molecule has 0 heterocycles. The number of carbonyl (C=O) groups excluding carboxylic acids is 3. The Kier molecular flexibility index (Phi) is 10.1. The maximum atomic E-state index is 13.1. The summed E-state index contributed by atoms with van der Waals surface area (Å²) in [5, 5.41) is 9.24. The van der Waals surface area contributed by atoms with E-state index in [-0.39, 0.29) is 6.61 Å². The largest absolute Gasteiger partial charge is 0.481 e. The Bertz CT molecular complexity index is 1140. The van der Waals surface area contributed by atoms with Crippen LogP contribution in [0.2, 0.25) is 0 Å². The molecule has 0 aliphatic rings. The van der Waals surface area contributed by atoms with Crippen LogP contribution in [0.3, 0.4) is 0 Å². The Morgan fingerprint density at radius 1 is 0.703 bits per heavy atom. The summed E-state index contributed by atoms with van der Waals surface area (Å²) >= 11 is 0. The average Bonchev–Trinajstić information content (AvgIpc) is 2.91. The number of nitrogens with two attached hydrogens (primary N) is 1. The topological polar surface area (TPSA) is 133 Å². The van der Waals surface area contributed by atoms with Gasteiger partial charge in [-0.05, 0) is 29.5 Å². The maximum Gasteiger partial charge on any atom is 0.317 e. The minimum absolute atomic E-state index is 0.145. The summed E-state index contributed by atoms with van der Waals surface area (Å²) in [6.07, 6.45) is -1.98. The highest BCUT2D eigenvalue weighted by Gasteiger charge is 2.37. The first-order valence-corrected chi connectivity index (χ1v) is 11.8. The molecule has 3 rings (SSSR count). The van der Waals surface area contributed by atoms with Crippen LogP contribution in [0.15, 0.2) is 91.0 Å². The molecule has 37 heavy (non-hydrogen) atoms. The standard InChI is InChI=1S/C29H29NO7/c30-27(26(33)24(18-25(31)32)29(35)36-19-22-14-8-3-9-15-22)37-28(34)23(16-20-10-4-1-5-11-20)17-21-12-6-2-7-13-21/h1-15,23-24,27H,16-19,30H2,(H,31,32). The molecule has 2 unspecified atom stereocenters. The van der Waals surface area contributed by atoms with Gasteiger partial charge in [0.05, 0.1) is 12.3 Å². The molecule has 0 saturated carbocycles. The number of benzene rings is 3. The van der Waals surface area contributed by atoms with Crippen LogP contribution >= 0.6 is 0 Å². The van der Waals surface area contributed by atoms with Crippen molar-refractivity contribution in [1.82, 2.24) is 0 Å². The van der Waals surface area contributed by atoms with E-state index in [1.54, 1.807) is 30.3 Å². The molecular weight excluding hydrogens is 474 g/mol. The van der Waals surface area contributed by atoms with E-state index < -0.39 is 48.2 Å². The smallest absolute Gasteiger partial charge is 0.317 e. The molecule has 0 spiro atoms. The average molecular weight is 504 g/mol. The van der Waals surface area contributed by atoms with Gasteiger partial charge in [0, 0.05) is 0 Å². The van der Waals surface area contributed by atoms with Gasteiger partial charge >= 0.3 is 17.9 Å². The molecule has 8 heteroatoms. The minimum atomic E-state index is -1.82. The number of hydrogen-bond acceptors (Lipinski definition) is 7. The molecule has 0 aliphatic carbocycles. The Morgan fingerprint density at radius 3 is 1.62 bits per heavy atom. The Morgan fingerprint density at radius 2 is 1.16 bits per heavy atom. The fourth-order valence-electron chi connectivity index (χ4n) is 3.82. The number of Topliss-reactive ketones (excluding diaryl/α,β-unsaturated/α-hetero) is 1. The fraction of sp³-hybridized carbons (Fsp3) is 0.241. The van der Waals surface area contributed by atoms with E-state index in [0.717, 1.165) is 11.1 Å². The fourth-order valence-corrected chi connectivity index (χ4v) is 3.82. The Labute approximate surface area is 215 Å². The summed E-state index contributed by atoms with van der Waals surface area (Å²) in [6, 6.07) is 27.4. The van der Waals surface area contributed by atoms with E-state index in [1.807, 2.05) is 60.7 Å². The number of rotatable bonds is 13. The second-order valence-electron chi connectivity index (χ2n) is 8.58. The molecule has 2 atom stereocenters. The van der Waals surface area contributed by atoms with Crippen molar-refractivity contribution in [3.63, 3.8) is 0 Å². The molecule has 3 aromatic rings. The van der Waals surface area contributed by atoms with Gasteiger partial charge in [-0.1, -0.05) is 91.0 Å². The van der Waals surface area contributed by atoms with Crippen molar-refractivity contribution in [3.8, 4) is 0 Å². The van der Waals surface area contributed by atoms with Crippen LogP contribution in [-0.2, 0) is 48.1 Å². The molecule has 0 saturated heterocycles. The molecule has 0 amide bonds. The number of aliphatic carboxylic acids is 1. The third-order valence-electron chi connectivity index (χ3n) is 5.74. The number of esters is 2. The van der Waals surface area contributed by atoms with Crippen LogP contribution < -0.4 is 5.73 Å². The lowest BCUT2D eigenvalue weighted by Gasteiger charge is -2.21. The molecule has 8 nitrogen and oxygen atoms in total. The zero-order valence-electron chi connectivity index (χ0n) is 20.2. The lowest BCUT2D eigenvalue weighted by Crippen LogP contribution is -2.44. The summed E-state index contributed by atoms with van der Waals surface area (Å²) in [6.45, 7) is -0.145. The second-order valence-corrected chi connectivity index (χ2v) is 8.58. The van der Waals surface area contributed by atoms with Gasteiger partial charge in [-0.2, -0.15) is 0 Å². The molecule has 0 bridgehead atoms. The monoisotopic (exact) mass is 503 g/mol. The zero-order chi connectivity index (χ0) is 26.6. The van der Waals surface area contributed by atoms with E-state index in [9.17, 15) is 24.3 Å². The van der Waals surface area contributed by atoms with E-state index in [0.29, 0.717) is 18.4 Å². The summed E-state index contributed by atoms with van der Waals surface area (Å²) in [5.41, 5.74) is 8.33. The third-order valence-corrected chi connectivity index (χ3v) is 5.74.